The minimum atomic E-state index is -2.70. The van der Waals surface area contributed by atoms with Crippen LogP contribution in [-0.2, 0) is 15.3 Å². The third-order valence-corrected chi connectivity index (χ3v) is 7.89. The van der Waals surface area contributed by atoms with Gasteiger partial charge in [0, 0.05) is 58.1 Å². The van der Waals surface area contributed by atoms with Crippen LogP contribution in [0.3, 0.4) is 0 Å². The topological polar surface area (TPSA) is 106 Å². The van der Waals surface area contributed by atoms with Crippen LogP contribution in [0.15, 0.2) is 76.4 Å². The summed E-state index contributed by atoms with van der Waals surface area (Å²) in [6.45, 7) is 3.48. The van der Waals surface area contributed by atoms with Crippen LogP contribution in [-0.4, -0.2) is 33.8 Å². The Morgan fingerprint density at radius 2 is 2.00 bits per heavy atom. The predicted molar refractivity (Wildman–Crippen MR) is 152 cm³/mol. The number of nitrogens with one attached hydrogen (secondary N) is 2. The first kappa shape index (κ1) is 28.4. The Bertz CT molecular complexity index is 1560. The number of aryl methyl sites for hydroxylation is 1. The number of methoxy groups -OCH3 is 1. The number of aromatic nitrogens is 3. The molecule has 8 nitrogen and oxygen atoms in total. The molecule has 0 spiro atoms. The molecule has 1 aliphatic carbocycles. The highest BCUT2D eigenvalue weighted by Gasteiger charge is 2.38. The number of carbonyl (C=O) groups excluding carboxylic acids is 2. The van der Waals surface area contributed by atoms with Crippen molar-refractivity contribution in [1.29, 1.82) is 0 Å². The highest BCUT2D eigenvalue weighted by Crippen LogP contribution is 2.43. The number of dihydropyridines is 1. The maximum atomic E-state index is 13.7. The van der Waals surface area contributed by atoms with Crippen LogP contribution in [0, 0.1) is 6.92 Å². The number of halogens is 2. The van der Waals surface area contributed by atoms with Crippen LogP contribution < -0.4 is 15.4 Å². The summed E-state index contributed by atoms with van der Waals surface area (Å²) in [5.41, 5.74) is 4.13. The van der Waals surface area contributed by atoms with Gasteiger partial charge in [0.2, 0.25) is 0 Å². The molecule has 0 bridgehead atoms. The molecule has 11 heteroatoms. The second kappa shape index (κ2) is 12.2. The van der Waals surface area contributed by atoms with E-state index >= 15 is 0 Å². The third-order valence-electron chi connectivity index (χ3n) is 7.00. The number of nitrogens with zero attached hydrogens (tertiary/aromatic N) is 3. The van der Waals surface area contributed by atoms with Gasteiger partial charge in [-0.1, -0.05) is 30.0 Å². The van der Waals surface area contributed by atoms with E-state index in [1.807, 2.05) is 19.1 Å². The second-order valence-corrected chi connectivity index (χ2v) is 10.8. The van der Waals surface area contributed by atoms with Crippen molar-refractivity contribution in [2.75, 3.05) is 12.4 Å². The molecule has 1 atom stereocenters. The van der Waals surface area contributed by atoms with Gasteiger partial charge in [-0.15, -0.1) is 0 Å². The number of amides is 1. The molecule has 1 aliphatic heterocycles. The van der Waals surface area contributed by atoms with Gasteiger partial charge in [-0.2, -0.15) is 0 Å². The molecule has 41 heavy (non-hydrogen) atoms. The largest absolute Gasteiger partial charge is 0.496 e. The molecule has 2 N–H and O–H groups in total. The first-order valence-corrected chi connectivity index (χ1v) is 14.1. The van der Waals surface area contributed by atoms with Gasteiger partial charge in [-0.05, 0) is 56.5 Å². The molecule has 0 radical (unpaired) electrons. The van der Waals surface area contributed by atoms with E-state index in [2.05, 4.69) is 25.6 Å². The Balaban J connectivity index is 1.53. The summed E-state index contributed by atoms with van der Waals surface area (Å²) in [6.07, 6.45) is 0.743. The molecular formula is C30H29F2N5O3S. The van der Waals surface area contributed by atoms with Crippen LogP contribution in [0.25, 0.3) is 0 Å². The van der Waals surface area contributed by atoms with E-state index in [9.17, 15) is 18.4 Å². The SMILES string of the molecule is COc1ccc([C@@H]2C(C(=O)Nc3ccccn3)=C(C)NC3=C2C(=O)CCC3)cc1CSc1nc(C)cc(C(F)F)n1. The number of anilines is 1. The zero-order valence-corrected chi connectivity index (χ0v) is 23.6. The van der Waals surface area contributed by atoms with Crippen molar-refractivity contribution < 1.29 is 23.1 Å². The molecule has 0 saturated carbocycles. The number of hydrogen-bond donors (Lipinski definition) is 2. The number of Topliss-reactive ketones (excluding diaryl/α,β-unsaturated/α-hetero) is 1. The van der Waals surface area contributed by atoms with Crippen molar-refractivity contribution in [3.63, 3.8) is 0 Å². The lowest BCUT2D eigenvalue weighted by molar-refractivity contribution is -0.116. The normalized spacial score (nSPS) is 16.9. The fourth-order valence-corrected chi connectivity index (χ4v) is 6.10. The van der Waals surface area contributed by atoms with E-state index in [0.29, 0.717) is 52.7 Å². The molecule has 0 fully saturated rings. The summed E-state index contributed by atoms with van der Waals surface area (Å²) >= 11 is 1.21. The number of ketones is 1. The second-order valence-electron chi connectivity index (χ2n) is 9.81. The van der Waals surface area contributed by atoms with Crippen molar-refractivity contribution in [2.45, 2.75) is 56.4 Å². The molecule has 212 valence electrons. The molecule has 3 aromatic rings. The number of benzene rings is 1. The maximum Gasteiger partial charge on any atom is 0.280 e. The van der Waals surface area contributed by atoms with Gasteiger partial charge in [-0.25, -0.2) is 23.7 Å². The van der Waals surface area contributed by atoms with Gasteiger partial charge in [0.15, 0.2) is 10.9 Å². The summed E-state index contributed by atoms with van der Waals surface area (Å²) in [7, 11) is 1.55. The van der Waals surface area contributed by atoms with Gasteiger partial charge >= 0.3 is 0 Å². The fourth-order valence-electron chi connectivity index (χ4n) is 5.21. The van der Waals surface area contributed by atoms with Crippen molar-refractivity contribution in [2.24, 2.45) is 0 Å². The fraction of sp³-hybridized carbons (Fsp3) is 0.300. The van der Waals surface area contributed by atoms with Crippen LogP contribution in [0.2, 0.25) is 0 Å². The smallest absolute Gasteiger partial charge is 0.280 e. The standard InChI is InChI=1S/C30H29F2N5O3S/c1-16-13-21(28(31)32)36-30(34-16)41-15-19-14-18(10-11-23(19)40-3)26-25(29(39)37-24-9-4-5-12-33-24)17(2)35-20-7-6-8-22(38)27(20)26/h4-5,9-14,26,28,35H,6-8,15H2,1-3H3,(H,33,37,39)/t26-/m1/s1. The first-order valence-electron chi connectivity index (χ1n) is 13.1. The van der Waals surface area contributed by atoms with E-state index in [0.717, 1.165) is 23.2 Å². The van der Waals surface area contributed by atoms with Crippen molar-refractivity contribution in [3.8, 4) is 5.75 Å². The van der Waals surface area contributed by atoms with Crippen molar-refractivity contribution >= 4 is 29.3 Å². The number of rotatable bonds is 8. The lowest BCUT2D eigenvalue weighted by Crippen LogP contribution is -2.35. The molecule has 2 aliphatic rings. The van der Waals surface area contributed by atoms with Gasteiger partial charge in [0.05, 0.1) is 7.11 Å². The Morgan fingerprint density at radius 3 is 2.73 bits per heavy atom. The van der Waals surface area contributed by atoms with Crippen molar-refractivity contribution in [1.82, 2.24) is 20.3 Å². The van der Waals surface area contributed by atoms with Crippen LogP contribution in [0.4, 0.5) is 14.6 Å². The molecule has 3 heterocycles. The van der Waals surface area contributed by atoms with Crippen LogP contribution in [0.1, 0.15) is 61.0 Å². The lowest BCUT2D eigenvalue weighted by Gasteiger charge is -2.34. The van der Waals surface area contributed by atoms with E-state index in [4.69, 9.17) is 4.74 Å². The number of alkyl halides is 2. The van der Waals surface area contributed by atoms with E-state index in [1.165, 1.54) is 17.8 Å². The summed E-state index contributed by atoms with van der Waals surface area (Å²) in [6, 6.07) is 12.1. The average molecular weight is 578 g/mol. The Kier molecular flexibility index (Phi) is 8.44. The number of ether oxygens (including phenoxy) is 1. The molecule has 0 unspecified atom stereocenters. The number of carbonyl (C=O) groups is 2. The highest BCUT2D eigenvalue weighted by molar-refractivity contribution is 7.98. The van der Waals surface area contributed by atoms with E-state index in [1.54, 1.807) is 44.5 Å². The van der Waals surface area contributed by atoms with Gasteiger partial charge < -0.3 is 15.4 Å². The Morgan fingerprint density at radius 1 is 1.17 bits per heavy atom. The zero-order chi connectivity index (χ0) is 29.1. The average Bonchev–Trinajstić information content (AvgIpc) is 2.95. The van der Waals surface area contributed by atoms with E-state index < -0.39 is 12.3 Å². The monoisotopic (exact) mass is 577 g/mol. The number of hydrogen-bond acceptors (Lipinski definition) is 8. The van der Waals surface area contributed by atoms with Crippen molar-refractivity contribution in [3.05, 3.63) is 93.7 Å². The minimum Gasteiger partial charge on any atom is -0.496 e. The van der Waals surface area contributed by atoms with E-state index in [-0.39, 0.29) is 22.5 Å². The number of pyridine rings is 1. The molecule has 1 aromatic carbocycles. The summed E-state index contributed by atoms with van der Waals surface area (Å²) < 4.78 is 32.2. The zero-order valence-electron chi connectivity index (χ0n) is 22.8. The Hall–Kier alpha value is -4.12. The number of allylic oxidation sites excluding steroid dienone is 3. The summed E-state index contributed by atoms with van der Waals surface area (Å²) in [5, 5.41) is 6.42. The quantitative estimate of drug-likeness (QED) is 0.247. The molecule has 0 saturated heterocycles. The van der Waals surface area contributed by atoms with Gasteiger partial charge in [0.25, 0.3) is 12.3 Å². The number of thioether (sulfide) groups is 1. The Labute approximate surface area is 240 Å². The van der Waals surface area contributed by atoms with Crippen LogP contribution >= 0.6 is 11.8 Å². The predicted octanol–water partition coefficient (Wildman–Crippen LogP) is 6.03. The van der Waals surface area contributed by atoms with Gasteiger partial charge in [-0.3, -0.25) is 9.59 Å². The molecule has 1 amide bonds. The highest BCUT2D eigenvalue weighted by atomic mass is 32.2. The summed E-state index contributed by atoms with van der Waals surface area (Å²) in [5.74, 6) is 0.340. The summed E-state index contributed by atoms with van der Waals surface area (Å²) in [4.78, 5) is 39.5. The molecular weight excluding hydrogens is 548 g/mol. The molecule has 2 aromatic heterocycles. The first-order chi connectivity index (χ1) is 19.7. The maximum absolute atomic E-state index is 13.7. The van der Waals surface area contributed by atoms with Crippen LogP contribution in [0.5, 0.6) is 5.75 Å². The lowest BCUT2D eigenvalue weighted by atomic mass is 9.74. The minimum absolute atomic E-state index is 0.00109. The molecule has 5 rings (SSSR count). The van der Waals surface area contributed by atoms with Gasteiger partial charge in [0.1, 0.15) is 17.3 Å². The third kappa shape index (κ3) is 6.14.